The van der Waals surface area contributed by atoms with E-state index in [1.807, 2.05) is 18.2 Å². The molecule has 0 aliphatic heterocycles. The fourth-order valence-corrected chi connectivity index (χ4v) is 3.28. The van der Waals surface area contributed by atoms with Crippen LogP contribution in [0.15, 0.2) is 18.2 Å². The maximum Gasteiger partial charge on any atom is 0.124 e. The quantitative estimate of drug-likeness (QED) is 0.656. The molecule has 2 atom stereocenters. The standard InChI is InChI=1S/C15H22ClN3/c1-10-5-3-4-6-14(10)19(2)11-7-8-12(15(17)18)13(16)9-11/h7-10,14H,3-6H2,1-2H3,(H3,17,18). The summed E-state index contributed by atoms with van der Waals surface area (Å²) in [6, 6.07) is 6.33. The van der Waals surface area contributed by atoms with E-state index < -0.39 is 0 Å². The van der Waals surface area contributed by atoms with Crippen LogP contribution in [0.25, 0.3) is 0 Å². The number of hydrogen-bond acceptors (Lipinski definition) is 2. The highest BCUT2D eigenvalue weighted by atomic mass is 35.5. The summed E-state index contributed by atoms with van der Waals surface area (Å²) in [7, 11) is 2.13. The van der Waals surface area contributed by atoms with Crippen LogP contribution in [0.3, 0.4) is 0 Å². The molecule has 0 spiro atoms. The van der Waals surface area contributed by atoms with Crippen molar-refractivity contribution in [3.05, 3.63) is 28.8 Å². The van der Waals surface area contributed by atoms with E-state index in [0.29, 0.717) is 22.5 Å². The molecule has 1 saturated carbocycles. The van der Waals surface area contributed by atoms with E-state index in [4.69, 9.17) is 22.7 Å². The first-order valence-electron chi connectivity index (χ1n) is 6.87. The smallest absolute Gasteiger partial charge is 0.124 e. The Kier molecular flexibility index (Phi) is 4.35. The number of rotatable bonds is 3. The van der Waals surface area contributed by atoms with E-state index in [-0.39, 0.29) is 5.84 Å². The third-order valence-corrected chi connectivity index (χ3v) is 4.53. The van der Waals surface area contributed by atoms with Gasteiger partial charge in [0, 0.05) is 24.3 Å². The van der Waals surface area contributed by atoms with Gasteiger partial charge in [-0.25, -0.2) is 0 Å². The van der Waals surface area contributed by atoms with Gasteiger partial charge in [0.25, 0.3) is 0 Å². The lowest BCUT2D eigenvalue weighted by Gasteiger charge is -2.37. The summed E-state index contributed by atoms with van der Waals surface area (Å²) in [5, 5.41) is 8.02. The molecule has 4 heteroatoms. The lowest BCUT2D eigenvalue weighted by molar-refractivity contribution is 0.321. The first kappa shape index (κ1) is 14.2. The molecule has 0 aromatic heterocycles. The summed E-state index contributed by atoms with van der Waals surface area (Å²) in [6.07, 6.45) is 5.19. The molecule has 0 amide bonds. The number of nitrogens with one attached hydrogen (secondary N) is 1. The highest BCUT2D eigenvalue weighted by Crippen LogP contribution is 2.32. The van der Waals surface area contributed by atoms with Gasteiger partial charge in [-0.2, -0.15) is 0 Å². The zero-order valence-corrected chi connectivity index (χ0v) is 12.4. The average molecular weight is 280 g/mol. The molecule has 1 aromatic carbocycles. The van der Waals surface area contributed by atoms with Crippen LogP contribution in [0.4, 0.5) is 5.69 Å². The molecule has 0 radical (unpaired) electrons. The van der Waals surface area contributed by atoms with Crippen molar-refractivity contribution in [3.8, 4) is 0 Å². The third kappa shape index (κ3) is 3.03. The second-order valence-corrected chi connectivity index (χ2v) is 5.93. The Labute approximate surface area is 120 Å². The first-order chi connectivity index (χ1) is 9.00. The molecule has 1 aliphatic rings. The van der Waals surface area contributed by atoms with Crippen LogP contribution in [-0.2, 0) is 0 Å². The Morgan fingerprint density at radius 1 is 1.37 bits per heavy atom. The Bertz CT molecular complexity index is 472. The molecular formula is C15H22ClN3. The molecule has 3 nitrogen and oxygen atoms in total. The second kappa shape index (κ2) is 5.83. The molecule has 1 aliphatic carbocycles. The monoisotopic (exact) mass is 279 g/mol. The summed E-state index contributed by atoms with van der Waals surface area (Å²) in [6.45, 7) is 2.33. The Morgan fingerprint density at radius 2 is 2.05 bits per heavy atom. The topological polar surface area (TPSA) is 53.1 Å². The largest absolute Gasteiger partial charge is 0.384 e. The van der Waals surface area contributed by atoms with Crippen LogP contribution in [0, 0.1) is 11.3 Å². The van der Waals surface area contributed by atoms with Gasteiger partial charge in [-0.15, -0.1) is 0 Å². The van der Waals surface area contributed by atoms with Crippen LogP contribution in [0.1, 0.15) is 38.2 Å². The Morgan fingerprint density at radius 3 is 2.63 bits per heavy atom. The molecule has 1 fully saturated rings. The normalized spacial score (nSPS) is 23.1. The molecule has 0 saturated heterocycles. The van der Waals surface area contributed by atoms with Gasteiger partial charge in [0.1, 0.15) is 5.84 Å². The van der Waals surface area contributed by atoms with Crippen molar-refractivity contribution in [2.45, 2.75) is 38.6 Å². The fourth-order valence-electron chi connectivity index (χ4n) is 3.01. The molecular weight excluding hydrogens is 258 g/mol. The molecule has 2 unspecified atom stereocenters. The minimum atomic E-state index is 0.0187. The van der Waals surface area contributed by atoms with Gasteiger partial charge in [0.05, 0.1) is 5.02 Å². The lowest BCUT2D eigenvalue weighted by atomic mass is 9.85. The van der Waals surface area contributed by atoms with E-state index in [1.165, 1.54) is 25.7 Å². The number of halogens is 1. The fraction of sp³-hybridized carbons (Fsp3) is 0.533. The van der Waals surface area contributed by atoms with Gasteiger partial charge in [-0.05, 0) is 37.0 Å². The minimum absolute atomic E-state index is 0.0187. The molecule has 104 valence electrons. The van der Waals surface area contributed by atoms with Crippen molar-refractivity contribution in [3.63, 3.8) is 0 Å². The predicted octanol–water partition coefficient (Wildman–Crippen LogP) is 3.64. The second-order valence-electron chi connectivity index (χ2n) is 5.52. The average Bonchev–Trinajstić information content (AvgIpc) is 2.38. The highest BCUT2D eigenvalue weighted by molar-refractivity contribution is 6.34. The van der Waals surface area contributed by atoms with Crippen LogP contribution < -0.4 is 10.6 Å². The summed E-state index contributed by atoms with van der Waals surface area (Å²) in [4.78, 5) is 2.32. The van der Waals surface area contributed by atoms with Crippen LogP contribution in [0.5, 0.6) is 0 Å². The summed E-state index contributed by atoms with van der Waals surface area (Å²) in [5.41, 5.74) is 7.20. The van der Waals surface area contributed by atoms with E-state index in [9.17, 15) is 0 Å². The maximum absolute atomic E-state index is 7.46. The van der Waals surface area contributed by atoms with Crippen LogP contribution in [-0.4, -0.2) is 18.9 Å². The molecule has 0 heterocycles. The van der Waals surface area contributed by atoms with Gasteiger partial charge in [-0.3, -0.25) is 5.41 Å². The number of nitrogens with two attached hydrogens (primary N) is 1. The molecule has 0 bridgehead atoms. The Balaban J connectivity index is 2.21. The van der Waals surface area contributed by atoms with Crippen molar-refractivity contribution in [1.82, 2.24) is 0 Å². The summed E-state index contributed by atoms with van der Waals surface area (Å²) >= 11 is 6.20. The van der Waals surface area contributed by atoms with E-state index in [1.54, 1.807) is 0 Å². The van der Waals surface area contributed by atoms with Gasteiger partial charge >= 0.3 is 0 Å². The molecule has 19 heavy (non-hydrogen) atoms. The summed E-state index contributed by atoms with van der Waals surface area (Å²) in [5.74, 6) is 0.732. The van der Waals surface area contributed by atoms with Gasteiger partial charge in [0.15, 0.2) is 0 Å². The SMILES string of the molecule is CC1CCCCC1N(C)c1ccc(C(=N)N)c(Cl)c1. The Hall–Kier alpha value is -1.22. The number of hydrogen-bond donors (Lipinski definition) is 2. The maximum atomic E-state index is 7.46. The van der Waals surface area contributed by atoms with Crippen molar-refractivity contribution in [2.24, 2.45) is 11.7 Å². The number of nitrogen functional groups attached to an aromatic ring is 1. The molecule has 1 aromatic rings. The van der Waals surface area contributed by atoms with Crippen molar-refractivity contribution in [1.29, 1.82) is 5.41 Å². The predicted molar refractivity (Wildman–Crippen MR) is 82.3 cm³/mol. The van der Waals surface area contributed by atoms with Gasteiger partial charge < -0.3 is 10.6 Å². The minimum Gasteiger partial charge on any atom is -0.384 e. The van der Waals surface area contributed by atoms with Crippen molar-refractivity contribution < 1.29 is 0 Å². The molecule has 3 N–H and O–H groups in total. The number of amidine groups is 1. The van der Waals surface area contributed by atoms with E-state index in [2.05, 4.69) is 18.9 Å². The van der Waals surface area contributed by atoms with Gasteiger partial charge in [-0.1, -0.05) is 31.4 Å². The zero-order valence-electron chi connectivity index (χ0n) is 11.6. The first-order valence-corrected chi connectivity index (χ1v) is 7.25. The number of benzene rings is 1. The number of anilines is 1. The van der Waals surface area contributed by atoms with E-state index >= 15 is 0 Å². The van der Waals surface area contributed by atoms with Crippen LogP contribution >= 0.6 is 11.6 Å². The summed E-state index contributed by atoms with van der Waals surface area (Å²) < 4.78 is 0. The van der Waals surface area contributed by atoms with E-state index in [0.717, 1.165) is 5.69 Å². The highest BCUT2D eigenvalue weighted by Gasteiger charge is 2.25. The van der Waals surface area contributed by atoms with Gasteiger partial charge in [0.2, 0.25) is 0 Å². The van der Waals surface area contributed by atoms with Crippen molar-refractivity contribution >= 4 is 23.1 Å². The molecule has 2 rings (SSSR count). The lowest BCUT2D eigenvalue weighted by Crippen LogP contribution is -2.39. The third-order valence-electron chi connectivity index (χ3n) is 4.21. The van der Waals surface area contributed by atoms with Crippen molar-refractivity contribution in [2.75, 3.05) is 11.9 Å². The zero-order chi connectivity index (χ0) is 14.0. The number of nitrogens with zero attached hydrogens (tertiary/aromatic N) is 1. The van der Waals surface area contributed by atoms with Crippen LogP contribution in [0.2, 0.25) is 5.02 Å².